The molecule has 20 heavy (non-hydrogen) atoms. The van der Waals surface area contributed by atoms with Crippen molar-refractivity contribution in [3.63, 3.8) is 0 Å². The summed E-state index contributed by atoms with van der Waals surface area (Å²) in [7, 11) is 0. The average molecular weight is 276 g/mol. The van der Waals surface area contributed by atoms with E-state index in [1.165, 1.54) is 5.56 Å². The summed E-state index contributed by atoms with van der Waals surface area (Å²) in [6, 6.07) is 4.09. The molecule has 0 amide bonds. The number of hydrogen-bond acceptors (Lipinski definition) is 3. The third-order valence-electron chi connectivity index (χ3n) is 4.46. The van der Waals surface area contributed by atoms with E-state index in [2.05, 4.69) is 16.8 Å². The van der Waals surface area contributed by atoms with E-state index in [9.17, 15) is 9.90 Å². The maximum absolute atomic E-state index is 11.5. The van der Waals surface area contributed by atoms with Crippen molar-refractivity contribution in [2.75, 3.05) is 19.6 Å². The fourth-order valence-corrected chi connectivity index (χ4v) is 3.09. The third-order valence-corrected chi connectivity index (χ3v) is 4.46. The molecule has 2 rings (SSSR count). The van der Waals surface area contributed by atoms with E-state index in [1.807, 2.05) is 24.5 Å². The van der Waals surface area contributed by atoms with Crippen LogP contribution >= 0.6 is 0 Å². The van der Waals surface area contributed by atoms with Crippen molar-refractivity contribution in [1.29, 1.82) is 0 Å². The Hall–Kier alpha value is -1.42. The Kier molecular flexibility index (Phi) is 5.12. The summed E-state index contributed by atoms with van der Waals surface area (Å²) in [6.45, 7) is 4.88. The first-order valence-electron chi connectivity index (χ1n) is 7.51. The van der Waals surface area contributed by atoms with E-state index in [0.29, 0.717) is 0 Å². The number of aromatic nitrogens is 1. The van der Waals surface area contributed by atoms with Gasteiger partial charge in [-0.1, -0.05) is 13.3 Å². The summed E-state index contributed by atoms with van der Waals surface area (Å²) < 4.78 is 0. The summed E-state index contributed by atoms with van der Waals surface area (Å²) in [5.74, 6) is -0.604. The number of pyridine rings is 1. The van der Waals surface area contributed by atoms with Gasteiger partial charge in [0.15, 0.2) is 0 Å². The van der Waals surface area contributed by atoms with Crippen LogP contribution in [0.15, 0.2) is 24.5 Å². The van der Waals surface area contributed by atoms with Crippen LogP contribution < -0.4 is 0 Å². The molecule has 1 fully saturated rings. The molecule has 0 atom stereocenters. The van der Waals surface area contributed by atoms with Gasteiger partial charge in [0.2, 0.25) is 0 Å². The number of nitrogens with zero attached hydrogens (tertiary/aromatic N) is 2. The van der Waals surface area contributed by atoms with Crippen molar-refractivity contribution in [2.45, 2.75) is 39.0 Å². The van der Waals surface area contributed by atoms with Gasteiger partial charge in [0.05, 0.1) is 5.41 Å². The molecule has 4 heteroatoms. The van der Waals surface area contributed by atoms with Crippen molar-refractivity contribution in [2.24, 2.45) is 5.41 Å². The monoisotopic (exact) mass is 276 g/mol. The predicted octanol–water partition coefficient (Wildman–Crippen LogP) is 2.59. The molecule has 0 bridgehead atoms. The second-order valence-electron chi connectivity index (χ2n) is 5.78. The highest BCUT2D eigenvalue weighted by Gasteiger charge is 2.40. The molecule has 1 aliphatic heterocycles. The van der Waals surface area contributed by atoms with Crippen LogP contribution in [0.3, 0.4) is 0 Å². The van der Waals surface area contributed by atoms with E-state index in [4.69, 9.17) is 0 Å². The second kappa shape index (κ2) is 6.84. The minimum atomic E-state index is -0.604. The van der Waals surface area contributed by atoms with Crippen LogP contribution in [0.5, 0.6) is 0 Å². The number of carboxylic acid groups (broad SMARTS) is 1. The van der Waals surface area contributed by atoms with Gasteiger partial charge in [0, 0.05) is 18.9 Å². The lowest BCUT2D eigenvalue weighted by Crippen LogP contribution is -2.44. The van der Waals surface area contributed by atoms with Crippen molar-refractivity contribution in [1.82, 2.24) is 9.88 Å². The molecule has 2 heterocycles. The molecule has 0 unspecified atom stereocenters. The molecule has 1 N–H and O–H groups in total. The van der Waals surface area contributed by atoms with Gasteiger partial charge < -0.3 is 10.0 Å². The van der Waals surface area contributed by atoms with E-state index in [-0.39, 0.29) is 0 Å². The van der Waals surface area contributed by atoms with Crippen LogP contribution in [0.25, 0.3) is 0 Å². The standard InChI is InChI=1S/C16H24N2O2/c1-2-6-16(15(19)20)7-12-18(13-8-16)11-5-14-3-9-17-10-4-14/h3-4,9-10H,2,5-8,11-13H2,1H3,(H,19,20). The van der Waals surface area contributed by atoms with Crippen LogP contribution in [-0.2, 0) is 11.2 Å². The zero-order valence-corrected chi connectivity index (χ0v) is 12.2. The molecule has 0 spiro atoms. The van der Waals surface area contributed by atoms with Gasteiger partial charge in [-0.2, -0.15) is 0 Å². The Balaban J connectivity index is 1.83. The molecular formula is C16H24N2O2. The Labute approximate surface area is 120 Å². The van der Waals surface area contributed by atoms with E-state index >= 15 is 0 Å². The maximum atomic E-state index is 11.5. The number of hydrogen-bond donors (Lipinski definition) is 1. The Morgan fingerprint density at radius 3 is 2.55 bits per heavy atom. The van der Waals surface area contributed by atoms with Crippen LogP contribution in [0.1, 0.15) is 38.2 Å². The minimum absolute atomic E-state index is 0.470. The zero-order chi connectivity index (χ0) is 14.4. The summed E-state index contributed by atoms with van der Waals surface area (Å²) in [6.07, 6.45) is 7.98. The molecule has 4 nitrogen and oxygen atoms in total. The molecule has 0 aromatic carbocycles. The second-order valence-corrected chi connectivity index (χ2v) is 5.78. The molecule has 110 valence electrons. The normalized spacial score (nSPS) is 18.9. The van der Waals surface area contributed by atoms with Gasteiger partial charge in [-0.05, 0) is 56.5 Å². The molecule has 0 saturated carbocycles. The van der Waals surface area contributed by atoms with Gasteiger partial charge in [-0.3, -0.25) is 9.78 Å². The van der Waals surface area contributed by atoms with E-state index < -0.39 is 11.4 Å². The molecule has 0 radical (unpaired) electrons. The van der Waals surface area contributed by atoms with E-state index in [0.717, 1.165) is 51.7 Å². The van der Waals surface area contributed by atoms with Crippen LogP contribution in [0.2, 0.25) is 0 Å². The number of piperidine rings is 1. The quantitative estimate of drug-likeness (QED) is 0.867. The first-order chi connectivity index (χ1) is 9.66. The zero-order valence-electron chi connectivity index (χ0n) is 12.2. The predicted molar refractivity (Wildman–Crippen MR) is 78.6 cm³/mol. The highest BCUT2D eigenvalue weighted by molar-refractivity contribution is 5.74. The van der Waals surface area contributed by atoms with Gasteiger partial charge in [0.25, 0.3) is 0 Å². The molecular weight excluding hydrogens is 252 g/mol. The average Bonchev–Trinajstić information content (AvgIpc) is 2.48. The number of likely N-dealkylation sites (tertiary alicyclic amines) is 1. The number of carboxylic acids is 1. The highest BCUT2D eigenvalue weighted by Crippen LogP contribution is 2.36. The van der Waals surface area contributed by atoms with Gasteiger partial charge >= 0.3 is 5.97 Å². The first-order valence-corrected chi connectivity index (χ1v) is 7.51. The summed E-state index contributed by atoms with van der Waals surface area (Å²) in [4.78, 5) is 17.9. The smallest absolute Gasteiger partial charge is 0.309 e. The summed E-state index contributed by atoms with van der Waals surface area (Å²) in [5, 5.41) is 9.49. The van der Waals surface area contributed by atoms with Crippen LogP contribution in [0.4, 0.5) is 0 Å². The first kappa shape index (κ1) is 15.0. The highest BCUT2D eigenvalue weighted by atomic mass is 16.4. The minimum Gasteiger partial charge on any atom is -0.481 e. The number of carbonyl (C=O) groups is 1. The lowest BCUT2D eigenvalue weighted by atomic mass is 9.75. The lowest BCUT2D eigenvalue weighted by molar-refractivity contribution is -0.152. The Bertz CT molecular complexity index is 425. The van der Waals surface area contributed by atoms with Gasteiger partial charge in [-0.25, -0.2) is 0 Å². The van der Waals surface area contributed by atoms with Crippen LogP contribution in [0, 0.1) is 5.41 Å². The lowest BCUT2D eigenvalue weighted by Gasteiger charge is -2.38. The number of rotatable bonds is 6. The number of aliphatic carboxylic acids is 1. The fourth-order valence-electron chi connectivity index (χ4n) is 3.09. The van der Waals surface area contributed by atoms with Gasteiger partial charge in [-0.15, -0.1) is 0 Å². The molecule has 0 aliphatic carbocycles. The SMILES string of the molecule is CCCC1(C(=O)O)CCN(CCc2ccncc2)CC1. The molecule has 1 aromatic rings. The topological polar surface area (TPSA) is 53.4 Å². The molecule has 1 aromatic heterocycles. The maximum Gasteiger partial charge on any atom is 0.309 e. The van der Waals surface area contributed by atoms with Crippen LogP contribution in [-0.4, -0.2) is 40.6 Å². The Morgan fingerprint density at radius 1 is 1.35 bits per heavy atom. The van der Waals surface area contributed by atoms with Crippen molar-refractivity contribution < 1.29 is 9.90 Å². The van der Waals surface area contributed by atoms with Crippen molar-refractivity contribution >= 4 is 5.97 Å². The molecule has 1 saturated heterocycles. The van der Waals surface area contributed by atoms with Crippen molar-refractivity contribution in [3.05, 3.63) is 30.1 Å². The third kappa shape index (κ3) is 3.57. The largest absolute Gasteiger partial charge is 0.481 e. The van der Waals surface area contributed by atoms with Crippen molar-refractivity contribution in [3.8, 4) is 0 Å². The fraction of sp³-hybridized carbons (Fsp3) is 0.625. The summed E-state index contributed by atoms with van der Waals surface area (Å²) >= 11 is 0. The molecule has 1 aliphatic rings. The Morgan fingerprint density at radius 2 is 2.00 bits per heavy atom. The summed E-state index contributed by atoms with van der Waals surface area (Å²) in [5.41, 5.74) is 0.825. The van der Waals surface area contributed by atoms with E-state index in [1.54, 1.807) is 0 Å². The van der Waals surface area contributed by atoms with Gasteiger partial charge in [0.1, 0.15) is 0 Å².